The molecule has 0 saturated heterocycles. The molecular formula is C16H26N2S. The van der Waals surface area contributed by atoms with E-state index in [1.54, 1.807) is 0 Å². The third-order valence-electron chi connectivity index (χ3n) is 4.39. The lowest BCUT2D eigenvalue weighted by atomic mass is 9.63. The number of benzene rings is 1. The van der Waals surface area contributed by atoms with E-state index in [2.05, 4.69) is 57.8 Å². The Morgan fingerprint density at radius 1 is 1.11 bits per heavy atom. The topological polar surface area (TPSA) is 38.0 Å². The first-order valence-electron chi connectivity index (χ1n) is 7.02. The quantitative estimate of drug-likeness (QED) is 0.428. The Hall–Kier alpha value is -0.830. The van der Waals surface area contributed by atoms with Gasteiger partial charge in [-0.25, -0.2) is 0 Å². The van der Waals surface area contributed by atoms with E-state index in [0.717, 1.165) is 11.4 Å². The van der Waals surface area contributed by atoms with Crippen LogP contribution in [-0.4, -0.2) is 5.37 Å². The summed E-state index contributed by atoms with van der Waals surface area (Å²) in [5.74, 6) is 0. The van der Waals surface area contributed by atoms with Gasteiger partial charge in [-0.15, -0.1) is 0 Å². The predicted molar refractivity (Wildman–Crippen MR) is 88.2 cm³/mol. The van der Waals surface area contributed by atoms with Crippen molar-refractivity contribution in [2.45, 2.75) is 63.7 Å². The molecule has 0 heterocycles. The summed E-state index contributed by atoms with van der Waals surface area (Å²) in [7, 11) is 0. The molecule has 1 atom stereocenters. The molecule has 1 aromatic rings. The fraction of sp³-hybridized carbons (Fsp3) is 0.625. The molecule has 19 heavy (non-hydrogen) atoms. The Kier molecular flexibility index (Phi) is 3.54. The summed E-state index contributed by atoms with van der Waals surface area (Å²) in [4.78, 5) is 0. The summed E-state index contributed by atoms with van der Waals surface area (Å²) in [5, 5.41) is 3.42. The molecule has 3 heteroatoms. The lowest BCUT2D eigenvalue weighted by Crippen LogP contribution is -2.34. The van der Waals surface area contributed by atoms with Gasteiger partial charge in [0.15, 0.2) is 0 Å². The molecule has 0 aromatic heterocycles. The maximum atomic E-state index is 6.21. The van der Waals surface area contributed by atoms with Crippen LogP contribution in [0.15, 0.2) is 12.1 Å². The van der Waals surface area contributed by atoms with Crippen LogP contribution in [0.5, 0.6) is 0 Å². The Balaban J connectivity index is 2.58. The highest BCUT2D eigenvalue weighted by atomic mass is 32.1. The zero-order valence-corrected chi connectivity index (χ0v) is 13.6. The molecule has 0 aliphatic heterocycles. The van der Waals surface area contributed by atoms with E-state index in [9.17, 15) is 0 Å². The number of fused-ring (bicyclic) bond motifs is 1. The molecule has 2 rings (SSSR count). The third kappa shape index (κ3) is 2.71. The number of nitrogen functional groups attached to an aromatic ring is 1. The zero-order valence-electron chi connectivity index (χ0n) is 12.7. The maximum Gasteiger partial charge on any atom is 0.0665 e. The Morgan fingerprint density at radius 2 is 1.58 bits per heavy atom. The van der Waals surface area contributed by atoms with E-state index in [4.69, 9.17) is 5.73 Å². The van der Waals surface area contributed by atoms with Crippen molar-refractivity contribution in [1.82, 2.24) is 0 Å². The third-order valence-corrected chi connectivity index (χ3v) is 4.52. The highest BCUT2D eigenvalue weighted by molar-refractivity contribution is 7.81. The molecule has 1 aliphatic carbocycles. The van der Waals surface area contributed by atoms with Crippen LogP contribution in [0.4, 0.5) is 11.4 Å². The van der Waals surface area contributed by atoms with Crippen LogP contribution in [-0.2, 0) is 10.8 Å². The van der Waals surface area contributed by atoms with Gasteiger partial charge in [0.05, 0.1) is 16.7 Å². The molecule has 2 nitrogen and oxygen atoms in total. The Bertz CT molecular complexity index is 490. The van der Waals surface area contributed by atoms with Gasteiger partial charge in [0.2, 0.25) is 0 Å². The lowest BCUT2D eigenvalue weighted by Gasteiger charge is -2.42. The average Bonchev–Trinajstić information content (AvgIpc) is 2.26. The first kappa shape index (κ1) is 14.6. The van der Waals surface area contributed by atoms with Gasteiger partial charge in [-0.3, -0.25) is 0 Å². The number of nitrogens with one attached hydrogen (secondary N) is 1. The van der Waals surface area contributed by atoms with Gasteiger partial charge in [0.1, 0.15) is 0 Å². The minimum Gasteiger partial charge on any atom is -0.397 e. The molecule has 1 aliphatic rings. The SMILES string of the molecule is CC(S)Nc1cc2c(cc1N)C(C)(C)CCC2(C)C. The summed E-state index contributed by atoms with van der Waals surface area (Å²) in [6, 6.07) is 4.40. The zero-order chi connectivity index (χ0) is 14.4. The van der Waals surface area contributed by atoms with Crippen molar-refractivity contribution in [3.63, 3.8) is 0 Å². The Morgan fingerprint density at radius 3 is 2.05 bits per heavy atom. The largest absolute Gasteiger partial charge is 0.397 e. The molecule has 106 valence electrons. The van der Waals surface area contributed by atoms with E-state index in [1.165, 1.54) is 24.0 Å². The van der Waals surface area contributed by atoms with Crippen molar-refractivity contribution < 1.29 is 0 Å². The van der Waals surface area contributed by atoms with Crippen LogP contribution in [0, 0.1) is 0 Å². The minimum atomic E-state index is 0.0973. The highest BCUT2D eigenvalue weighted by Gasteiger charge is 2.37. The highest BCUT2D eigenvalue weighted by Crippen LogP contribution is 2.47. The van der Waals surface area contributed by atoms with Crippen LogP contribution in [0.25, 0.3) is 0 Å². The van der Waals surface area contributed by atoms with Crippen molar-refractivity contribution in [2.75, 3.05) is 11.1 Å². The molecule has 0 bridgehead atoms. The second-order valence-corrected chi connectivity index (χ2v) is 7.85. The van der Waals surface area contributed by atoms with E-state index in [0.29, 0.717) is 0 Å². The Labute approximate surface area is 122 Å². The summed E-state index contributed by atoms with van der Waals surface area (Å²) in [6.45, 7) is 11.3. The van der Waals surface area contributed by atoms with E-state index >= 15 is 0 Å². The van der Waals surface area contributed by atoms with Crippen molar-refractivity contribution in [1.29, 1.82) is 0 Å². The molecule has 0 saturated carbocycles. The summed E-state index contributed by atoms with van der Waals surface area (Å²) < 4.78 is 0. The van der Waals surface area contributed by atoms with Crippen LogP contribution in [0.1, 0.15) is 58.6 Å². The smallest absolute Gasteiger partial charge is 0.0665 e. The van der Waals surface area contributed by atoms with E-state index in [1.807, 2.05) is 6.92 Å². The number of nitrogens with two attached hydrogens (primary N) is 1. The predicted octanol–water partition coefficient (Wildman–Crippen LogP) is 4.31. The summed E-state index contributed by atoms with van der Waals surface area (Å²) >= 11 is 4.39. The maximum absolute atomic E-state index is 6.21. The normalized spacial score (nSPS) is 21.6. The molecule has 0 radical (unpaired) electrons. The van der Waals surface area contributed by atoms with Gasteiger partial charge in [0, 0.05) is 0 Å². The van der Waals surface area contributed by atoms with Crippen molar-refractivity contribution in [2.24, 2.45) is 0 Å². The molecule has 3 N–H and O–H groups in total. The van der Waals surface area contributed by atoms with E-state index in [-0.39, 0.29) is 16.2 Å². The van der Waals surface area contributed by atoms with Crippen LogP contribution < -0.4 is 11.1 Å². The number of rotatable bonds is 2. The molecule has 0 fully saturated rings. The molecule has 1 aromatic carbocycles. The first-order chi connectivity index (χ1) is 8.63. The van der Waals surface area contributed by atoms with Crippen LogP contribution in [0.2, 0.25) is 0 Å². The monoisotopic (exact) mass is 278 g/mol. The summed E-state index contributed by atoms with van der Waals surface area (Å²) in [5.41, 5.74) is 11.3. The first-order valence-corrected chi connectivity index (χ1v) is 7.54. The van der Waals surface area contributed by atoms with Crippen LogP contribution in [0.3, 0.4) is 0 Å². The van der Waals surface area contributed by atoms with Crippen molar-refractivity contribution in [3.8, 4) is 0 Å². The standard InChI is InChI=1S/C16H26N2S/c1-10(19)18-14-9-12-11(8-13(14)17)15(2,3)6-7-16(12,4)5/h8-10,18-19H,6-7,17H2,1-5H3. The van der Waals surface area contributed by atoms with Gasteiger partial charge >= 0.3 is 0 Å². The molecule has 1 unspecified atom stereocenters. The number of hydrogen-bond donors (Lipinski definition) is 3. The van der Waals surface area contributed by atoms with Crippen molar-refractivity contribution >= 4 is 24.0 Å². The molecule has 0 amide bonds. The van der Waals surface area contributed by atoms with Gasteiger partial charge < -0.3 is 11.1 Å². The number of thiol groups is 1. The molecule has 0 spiro atoms. The molecular weight excluding hydrogens is 252 g/mol. The number of anilines is 2. The van der Waals surface area contributed by atoms with Gasteiger partial charge in [-0.05, 0) is 53.9 Å². The van der Waals surface area contributed by atoms with Crippen LogP contribution >= 0.6 is 12.6 Å². The number of hydrogen-bond acceptors (Lipinski definition) is 3. The van der Waals surface area contributed by atoms with E-state index < -0.39 is 0 Å². The fourth-order valence-electron chi connectivity index (χ4n) is 2.98. The average molecular weight is 278 g/mol. The van der Waals surface area contributed by atoms with Gasteiger partial charge in [0.25, 0.3) is 0 Å². The summed E-state index contributed by atoms with van der Waals surface area (Å²) in [6.07, 6.45) is 2.43. The second kappa shape index (κ2) is 4.62. The fourth-order valence-corrected chi connectivity index (χ4v) is 3.12. The van der Waals surface area contributed by atoms with Gasteiger partial charge in [-0.2, -0.15) is 12.6 Å². The minimum absolute atomic E-state index is 0.0973. The second-order valence-electron chi connectivity index (χ2n) is 7.07. The lowest BCUT2D eigenvalue weighted by molar-refractivity contribution is 0.332. The van der Waals surface area contributed by atoms with Gasteiger partial charge in [-0.1, -0.05) is 27.7 Å². The van der Waals surface area contributed by atoms with Crippen molar-refractivity contribution in [3.05, 3.63) is 23.3 Å².